The molecule has 118 valence electrons. The monoisotopic (exact) mass is 302 g/mol. The molecule has 0 saturated carbocycles. The number of imidazole rings is 1. The summed E-state index contributed by atoms with van der Waals surface area (Å²) in [5.74, 6) is 0.987. The van der Waals surface area contributed by atoms with E-state index in [1.807, 2.05) is 31.6 Å². The molecule has 3 rings (SSSR count). The zero-order chi connectivity index (χ0) is 15.5. The van der Waals surface area contributed by atoms with Crippen LogP contribution < -0.4 is 0 Å². The first-order chi connectivity index (χ1) is 10.6. The van der Waals surface area contributed by atoms with Gasteiger partial charge in [0.1, 0.15) is 11.6 Å². The predicted octanol–water partition coefficient (Wildman–Crippen LogP) is 2.44. The highest BCUT2D eigenvalue weighted by Gasteiger charge is 2.24. The lowest BCUT2D eigenvalue weighted by Gasteiger charge is -2.38. The highest BCUT2D eigenvalue weighted by atomic mass is 19.1. The van der Waals surface area contributed by atoms with Crippen LogP contribution in [0.15, 0.2) is 36.7 Å². The third-order valence-corrected chi connectivity index (χ3v) is 4.60. The van der Waals surface area contributed by atoms with Crippen molar-refractivity contribution in [1.82, 2.24) is 19.4 Å². The van der Waals surface area contributed by atoms with Crippen molar-refractivity contribution in [2.45, 2.75) is 19.5 Å². The van der Waals surface area contributed by atoms with E-state index in [1.54, 1.807) is 12.1 Å². The molecular formula is C17H23FN4. The zero-order valence-corrected chi connectivity index (χ0v) is 13.2. The third kappa shape index (κ3) is 3.20. The van der Waals surface area contributed by atoms with E-state index in [2.05, 4.69) is 26.3 Å². The van der Waals surface area contributed by atoms with Gasteiger partial charge < -0.3 is 4.57 Å². The molecule has 0 amide bonds. The van der Waals surface area contributed by atoms with E-state index in [0.29, 0.717) is 0 Å². The Hall–Kier alpha value is -1.72. The topological polar surface area (TPSA) is 24.3 Å². The zero-order valence-electron chi connectivity index (χ0n) is 13.2. The number of benzene rings is 1. The summed E-state index contributed by atoms with van der Waals surface area (Å²) in [6, 6.07) is 7.21. The molecule has 0 radical (unpaired) electrons. The lowest BCUT2D eigenvalue weighted by Crippen LogP contribution is -2.47. The van der Waals surface area contributed by atoms with Gasteiger partial charge in [-0.3, -0.25) is 9.80 Å². The van der Waals surface area contributed by atoms with Crippen molar-refractivity contribution in [2.24, 2.45) is 7.05 Å². The summed E-state index contributed by atoms with van der Waals surface area (Å²) < 4.78 is 16.0. The van der Waals surface area contributed by atoms with Crippen LogP contribution in [0.25, 0.3) is 0 Å². The van der Waals surface area contributed by atoms with E-state index in [4.69, 9.17) is 0 Å². The molecule has 0 bridgehead atoms. The van der Waals surface area contributed by atoms with Crippen LogP contribution in [0.3, 0.4) is 0 Å². The Morgan fingerprint density at radius 2 is 1.91 bits per heavy atom. The van der Waals surface area contributed by atoms with Gasteiger partial charge in [-0.25, -0.2) is 9.37 Å². The first kappa shape index (κ1) is 15.2. The molecule has 4 nitrogen and oxygen atoms in total. The Balaban J connectivity index is 1.57. The lowest BCUT2D eigenvalue weighted by molar-refractivity contribution is 0.0944. The molecule has 1 aliphatic heterocycles. The minimum atomic E-state index is -0.106. The maximum Gasteiger partial charge on any atom is 0.127 e. The molecule has 2 aromatic rings. The summed E-state index contributed by atoms with van der Waals surface area (Å²) in [4.78, 5) is 9.15. The molecule has 1 aliphatic rings. The van der Waals surface area contributed by atoms with E-state index >= 15 is 0 Å². The minimum absolute atomic E-state index is 0.106. The molecule has 0 unspecified atom stereocenters. The molecule has 1 aromatic heterocycles. The van der Waals surface area contributed by atoms with Crippen LogP contribution in [0.1, 0.15) is 24.4 Å². The second-order valence-electron chi connectivity index (χ2n) is 5.96. The van der Waals surface area contributed by atoms with Crippen molar-refractivity contribution >= 4 is 0 Å². The largest absolute Gasteiger partial charge is 0.337 e. The number of hydrogen-bond donors (Lipinski definition) is 0. The van der Waals surface area contributed by atoms with E-state index in [1.165, 1.54) is 0 Å². The number of piperazine rings is 1. The summed E-state index contributed by atoms with van der Waals surface area (Å²) in [6.07, 6.45) is 3.82. The van der Waals surface area contributed by atoms with Gasteiger partial charge >= 0.3 is 0 Å². The van der Waals surface area contributed by atoms with Crippen LogP contribution in [-0.4, -0.2) is 45.5 Å². The Kier molecular flexibility index (Phi) is 4.55. The molecule has 1 fully saturated rings. The van der Waals surface area contributed by atoms with Gasteiger partial charge in [-0.2, -0.15) is 0 Å². The normalized spacial score (nSPS) is 18.5. The van der Waals surface area contributed by atoms with Crippen molar-refractivity contribution in [2.75, 3.05) is 26.2 Å². The van der Waals surface area contributed by atoms with Crippen molar-refractivity contribution in [3.63, 3.8) is 0 Å². The smallest absolute Gasteiger partial charge is 0.127 e. The fourth-order valence-corrected chi connectivity index (χ4v) is 3.07. The first-order valence-corrected chi connectivity index (χ1v) is 7.82. The van der Waals surface area contributed by atoms with Crippen molar-refractivity contribution in [3.8, 4) is 0 Å². The summed E-state index contributed by atoms with van der Waals surface area (Å²) in [6.45, 7) is 6.87. The number of aryl methyl sites for hydroxylation is 1. The summed E-state index contributed by atoms with van der Waals surface area (Å²) in [5, 5.41) is 0. The van der Waals surface area contributed by atoms with Crippen LogP contribution in [-0.2, 0) is 13.6 Å². The number of aromatic nitrogens is 2. The van der Waals surface area contributed by atoms with Gasteiger partial charge in [-0.15, -0.1) is 0 Å². The maximum atomic E-state index is 13.9. The Labute approximate surface area is 131 Å². The van der Waals surface area contributed by atoms with E-state index in [9.17, 15) is 4.39 Å². The number of hydrogen-bond acceptors (Lipinski definition) is 3. The first-order valence-electron chi connectivity index (χ1n) is 7.82. The van der Waals surface area contributed by atoms with Gasteiger partial charge in [0.2, 0.25) is 0 Å². The molecule has 0 aliphatic carbocycles. The van der Waals surface area contributed by atoms with Crippen LogP contribution in [0.4, 0.5) is 4.39 Å². The molecule has 1 atom stereocenters. The van der Waals surface area contributed by atoms with Gasteiger partial charge in [0.25, 0.3) is 0 Å². The number of halogens is 1. The predicted molar refractivity (Wildman–Crippen MR) is 84.9 cm³/mol. The summed E-state index contributed by atoms with van der Waals surface area (Å²) >= 11 is 0. The number of rotatable bonds is 4. The van der Waals surface area contributed by atoms with Gasteiger partial charge in [0, 0.05) is 57.2 Å². The van der Waals surface area contributed by atoms with Gasteiger partial charge in [-0.1, -0.05) is 18.2 Å². The standard InChI is InChI=1S/C17H23FN4/c1-14(15-5-3-4-6-16(15)18)22-11-9-21(10-12-22)13-17-19-7-8-20(17)2/h3-8,14H,9-13H2,1-2H3/t14-/m0/s1. The summed E-state index contributed by atoms with van der Waals surface area (Å²) in [7, 11) is 2.03. The van der Waals surface area contributed by atoms with E-state index in [-0.39, 0.29) is 11.9 Å². The van der Waals surface area contributed by atoms with Crippen LogP contribution in [0.5, 0.6) is 0 Å². The minimum Gasteiger partial charge on any atom is -0.337 e. The average Bonchev–Trinajstić information content (AvgIpc) is 2.93. The molecule has 22 heavy (non-hydrogen) atoms. The highest BCUT2D eigenvalue weighted by molar-refractivity contribution is 5.20. The number of nitrogens with zero attached hydrogens (tertiary/aromatic N) is 4. The SMILES string of the molecule is C[C@@H](c1ccccc1F)N1CCN(Cc2nccn2C)CC1. The maximum absolute atomic E-state index is 13.9. The molecule has 0 spiro atoms. The van der Waals surface area contributed by atoms with Crippen LogP contribution in [0, 0.1) is 5.82 Å². The fraction of sp³-hybridized carbons (Fsp3) is 0.471. The second kappa shape index (κ2) is 6.58. The van der Waals surface area contributed by atoms with Crippen LogP contribution >= 0.6 is 0 Å². The summed E-state index contributed by atoms with van der Waals surface area (Å²) in [5.41, 5.74) is 0.792. The third-order valence-electron chi connectivity index (χ3n) is 4.60. The molecule has 2 heterocycles. The van der Waals surface area contributed by atoms with Crippen molar-refractivity contribution in [1.29, 1.82) is 0 Å². The van der Waals surface area contributed by atoms with Gasteiger partial charge in [-0.05, 0) is 13.0 Å². The molecular weight excluding hydrogens is 279 g/mol. The van der Waals surface area contributed by atoms with Gasteiger partial charge in [0.05, 0.1) is 6.54 Å². The molecule has 5 heteroatoms. The van der Waals surface area contributed by atoms with E-state index in [0.717, 1.165) is 44.1 Å². The Bertz CT molecular complexity index is 617. The van der Waals surface area contributed by atoms with Crippen molar-refractivity contribution < 1.29 is 4.39 Å². The molecule has 1 saturated heterocycles. The Morgan fingerprint density at radius 3 is 2.55 bits per heavy atom. The van der Waals surface area contributed by atoms with Crippen molar-refractivity contribution in [3.05, 3.63) is 53.9 Å². The second-order valence-corrected chi connectivity index (χ2v) is 5.96. The van der Waals surface area contributed by atoms with Gasteiger partial charge in [0.15, 0.2) is 0 Å². The highest BCUT2D eigenvalue weighted by Crippen LogP contribution is 2.24. The quantitative estimate of drug-likeness (QED) is 0.867. The molecule has 1 aromatic carbocycles. The lowest BCUT2D eigenvalue weighted by atomic mass is 10.1. The average molecular weight is 302 g/mol. The van der Waals surface area contributed by atoms with E-state index < -0.39 is 0 Å². The fourth-order valence-electron chi connectivity index (χ4n) is 3.07. The van der Waals surface area contributed by atoms with Crippen LogP contribution in [0.2, 0.25) is 0 Å². The molecule has 0 N–H and O–H groups in total. The Morgan fingerprint density at radius 1 is 1.18 bits per heavy atom.